The summed E-state index contributed by atoms with van der Waals surface area (Å²) in [5, 5.41) is 10.3. The fourth-order valence-electron chi connectivity index (χ4n) is 1.61. The molecule has 0 aliphatic rings. The van der Waals surface area contributed by atoms with E-state index < -0.39 is 18.2 Å². The van der Waals surface area contributed by atoms with Crippen LogP contribution in [0, 0.1) is 5.82 Å². The van der Waals surface area contributed by atoms with Crippen molar-refractivity contribution in [1.82, 2.24) is 0 Å². The van der Waals surface area contributed by atoms with E-state index in [1.807, 2.05) is 13.8 Å². The molecule has 1 aromatic carbocycles. The highest BCUT2D eigenvalue weighted by Crippen LogP contribution is 2.17. The van der Waals surface area contributed by atoms with Gasteiger partial charge in [-0.1, -0.05) is 17.7 Å². The van der Waals surface area contributed by atoms with Crippen LogP contribution in [-0.4, -0.2) is 30.7 Å². The van der Waals surface area contributed by atoms with E-state index in [1.165, 1.54) is 6.07 Å². The van der Waals surface area contributed by atoms with E-state index in [1.54, 1.807) is 12.1 Å². The normalized spacial score (nSPS) is 13.0. The summed E-state index contributed by atoms with van der Waals surface area (Å²) in [5.74, 6) is -0.437. The molecule has 0 saturated carbocycles. The van der Waals surface area contributed by atoms with Crippen molar-refractivity contribution in [3.05, 3.63) is 34.6 Å². The van der Waals surface area contributed by atoms with Gasteiger partial charge in [0.25, 0.3) is 0 Å². The lowest BCUT2D eigenvalue weighted by atomic mass is 10.1. The first-order valence-corrected chi connectivity index (χ1v) is 6.31. The first-order valence-electron chi connectivity index (χ1n) is 5.93. The van der Waals surface area contributed by atoms with Crippen molar-refractivity contribution >= 4 is 11.6 Å². The number of aliphatic hydroxyl groups excluding tert-OH is 1. The monoisotopic (exact) mass is 276 g/mol. The molecule has 102 valence electrons. The van der Waals surface area contributed by atoms with Crippen LogP contribution in [0.4, 0.5) is 4.39 Å². The summed E-state index contributed by atoms with van der Waals surface area (Å²) in [5.41, 5.74) is 0.385. The van der Waals surface area contributed by atoms with Crippen molar-refractivity contribution in [2.75, 3.05) is 13.2 Å². The minimum absolute atomic E-state index is 0.119. The van der Waals surface area contributed by atoms with Crippen molar-refractivity contribution in [1.29, 1.82) is 0 Å². The Morgan fingerprint density at radius 2 is 1.89 bits per heavy atom. The Morgan fingerprint density at radius 1 is 1.28 bits per heavy atom. The average molecular weight is 277 g/mol. The Kier molecular flexibility index (Phi) is 6.57. The van der Waals surface area contributed by atoms with Crippen LogP contribution in [0.25, 0.3) is 0 Å². The molecule has 0 bridgehead atoms. The maximum absolute atomic E-state index is 13.6. The number of halogens is 2. The Labute approximate surface area is 111 Å². The first-order chi connectivity index (χ1) is 8.58. The lowest BCUT2D eigenvalue weighted by Gasteiger charge is -2.22. The second kappa shape index (κ2) is 7.69. The van der Waals surface area contributed by atoms with Gasteiger partial charge in [0, 0.05) is 24.7 Å². The summed E-state index contributed by atoms with van der Waals surface area (Å²) in [6.07, 6.45) is -1.54. The minimum atomic E-state index is -0.916. The lowest BCUT2D eigenvalue weighted by Crippen LogP contribution is -2.33. The number of hydrogen-bond acceptors (Lipinski definition) is 3. The van der Waals surface area contributed by atoms with Crippen molar-refractivity contribution < 1.29 is 19.0 Å². The highest BCUT2D eigenvalue weighted by atomic mass is 35.5. The average Bonchev–Trinajstić information content (AvgIpc) is 2.32. The second-order valence-corrected chi connectivity index (χ2v) is 4.22. The largest absolute Gasteiger partial charge is 0.387 e. The molecule has 1 N–H and O–H groups in total. The molecule has 0 fully saturated rings. The van der Waals surface area contributed by atoms with Gasteiger partial charge in [-0.15, -0.1) is 0 Å². The molecule has 0 amide bonds. The smallest absolute Gasteiger partial charge is 0.183 e. The number of rotatable bonds is 7. The van der Waals surface area contributed by atoms with Crippen LogP contribution in [0.15, 0.2) is 18.2 Å². The van der Waals surface area contributed by atoms with Gasteiger partial charge in [-0.05, 0) is 31.5 Å². The van der Waals surface area contributed by atoms with Crippen LogP contribution in [-0.2, 0) is 15.9 Å². The van der Waals surface area contributed by atoms with E-state index in [9.17, 15) is 9.50 Å². The Balaban J connectivity index is 2.69. The van der Waals surface area contributed by atoms with Gasteiger partial charge in [0.1, 0.15) is 11.9 Å². The van der Waals surface area contributed by atoms with Crippen LogP contribution >= 0.6 is 11.6 Å². The summed E-state index contributed by atoms with van der Waals surface area (Å²) in [6.45, 7) is 4.46. The van der Waals surface area contributed by atoms with E-state index in [0.717, 1.165) is 0 Å². The molecule has 0 spiro atoms. The van der Waals surface area contributed by atoms with Crippen LogP contribution in [0.2, 0.25) is 5.02 Å². The SMILES string of the molecule is CCOC(OCC)C(O)Cc1ccc(Cl)cc1F. The highest BCUT2D eigenvalue weighted by Gasteiger charge is 2.21. The van der Waals surface area contributed by atoms with Crippen LogP contribution in [0.3, 0.4) is 0 Å². The zero-order valence-electron chi connectivity index (χ0n) is 10.5. The van der Waals surface area contributed by atoms with Crippen molar-refractivity contribution in [3.8, 4) is 0 Å². The Hall–Kier alpha value is -0.680. The lowest BCUT2D eigenvalue weighted by molar-refractivity contribution is -0.188. The van der Waals surface area contributed by atoms with Gasteiger partial charge >= 0.3 is 0 Å². The van der Waals surface area contributed by atoms with Gasteiger partial charge in [0.05, 0.1) is 0 Å². The maximum atomic E-state index is 13.6. The van der Waals surface area contributed by atoms with E-state index in [2.05, 4.69) is 0 Å². The van der Waals surface area contributed by atoms with Gasteiger partial charge < -0.3 is 14.6 Å². The molecule has 0 radical (unpaired) electrons. The van der Waals surface area contributed by atoms with Crippen LogP contribution in [0.5, 0.6) is 0 Å². The van der Waals surface area contributed by atoms with Gasteiger partial charge in [-0.2, -0.15) is 0 Å². The van der Waals surface area contributed by atoms with E-state index in [-0.39, 0.29) is 6.42 Å². The second-order valence-electron chi connectivity index (χ2n) is 3.79. The molecule has 0 aliphatic heterocycles. The van der Waals surface area contributed by atoms with Crippen molar-refractivity contribution in [3.63, 3.8) is 0 Å². The summed E-state index contributed by atoms with van der Waals surface area (Å²) in [6, 6.07) is 4.36. The van der Waals surface area contributed by atoms with Gasteiger partial charge in [0.15, 0.2) is 6.29 Å². The standard InChI is InChI=1S/C13H18ClFO3/c1-3-17-13(18-4-2)12(16)7-9-5-6-10(14)8-11(9)15/h5-6,8,12-13,16H,3-4,7H2,1-2H3. The predicted molar refractivity (Wildman–Crippen MR) is 68.2 cm³/mol. The van der Waals surface area contributed by atoms with E-state index in [0.29, 0.717) is 23.8 Å². The number of hydrogen-bond donors (Lipinski definition) is 1. The molecule has 5 heteroatoms. The molecule has 1 aromatic rings. The predicted octanol–water partition coefficient (Wildman–Crippen LogP) is 2.78. The number of ether oxygens (including phenoxy) is 2. The molecule has 1 rings (SSSR count). The minimum Gasteiger partial charge on any atom is -0.387 e. The molecule has 0 aliphatic carbocycles. The molecule has 0 heterocycles. The van der Waals surface area contributed by atoms with Gasteiger partial charge in [-0.3, -0.25) is 0 Å². The van der Waals surface area contributed by atoms with Gasteiger partial charge in [0.2, 0.25) is 0 Å². The Morgan fingerprint density at radius 3 is 2.39 bits per heavy atom. The summed E-state index contributed by atoms with van der Waals surface area (Å²) in [4.78, 5) is 0. The molecule has 0 saturated heterocycles. The third kappa shape index (κ3) is 4.53. The summed E-state index contributed by atoms with van der Waals surface area (Å²) >= 11 is 5.66. The molecule has 0 aromatic heterocycles. The molecular weight excluding hydrogens is 259 g/mol. The molecule has 3 nitrogen and oxygen atoms in total. The third-order valence-electron chi connectivity index (χ3n) is 2.42. The molecule has 18 heavy (non-hydrogen) atoms. The number of aliphatic hydroxyl groups is 1. The maximum Gasteiger partial charge on any atom is 0.183 e. The van der Waals surface area contributed by atoms with Crippen LogP contribution < -0.4 is 0 Å². The quantitative estimate of drug-likeness (QED) is 0.779. The first kappa shape index (κ1) is 15.4. The topological polar surface area (TPSA) is 38.7 Å². The molecule has 1 atom stereocenters. The fourth-order valence-corrected chi connectivity index (χ4v) is 1.77. The highest BCUT2D eigenvalue weighted by molar-refractivity contribution is 6.30. The van der Waals surface area contributed by atoms with Gasteiger partial charge in [-0.25, -0.2) is 4.39 Å². The van der Waals surface area contributed by atoms with E-state index >= 15 is 0 Å². The molecule has 1 unspecified atom stereocenters. The molecular formula is C13H18ClFO3. The zero-order chi connectivity index (χ0) is 13.5. The summed E-state index contributed by atoms with van der Waals surface area (Å²) in [7, 11) is 0. The fraction of sp³-hybridized carbons (Fsp3) is 0.538. The van der Waals surface area contributed by atoms with Crippen molar-refractivity contribution in [2.24, 2.45) is 0 Å². The van der Waals surface area contributed by atoms with Crippen LogP contribution in [0.1, 0.15) is 19.4 Å². The summed E-state index contributed by atoms with van der Waals surface area (Å²) < 4.78 is 24.1. The van der Waals surface area contributed by atoms with E-state index in [4.69, 9.17) is 21.1 Å². The number of benzene rings is 1. The van der Waals surface area contributed by atoms with Crippen molar-refractivity contribution in [2.45, 2.75) is 32.7 Å². The third-order valence-corrected chi connectivity index (χ3v) is 2.66. The Bertz CT molecular complexity index is 367. The zero-order valence-corrected chi connectivity index (χ0v) is 11.3.